The maximum Gasteiger partial charge on any atom is 0.149 e. The highest BCUT2D eigenvalue weighted by Gasteiger charge is 2.40. The molecule has 21 rings (SSSR count). The largest absolute Gasteiger partial charge is 0.490 e. The molecule has 0 saturated heterocycles. The first kappa shape index (κ1) is 86.1. The Morgan fingerprint density at radius 1 is 0.164 bits per heavy atom. The third-order valence-electron chi connectivity index (χ3n) is 22.3. The molecule has 6 atom stereocenters. The Kier molecular flexibility index (Phi) is 27.2. The Morgan fingerprint density at radius 3 is 0.507 bits per heavy atom. The number of hydrogen-bond acceptors (Lipinski definition) is 28. The van der Waals surface area contributed by atoms with Crippen molar-refractivity contribution >= 4 is 122 Å². The molecule has 6 unspecified atom stereocenters. The number of rotatable bonds is 0. The summed E-state index contributed by atoms with van der Waals surface area (Å²) in [6.07, 6.45) is -0.0863. The summed E-state index contributed by atoms with van der Waals surface area (Å²) in [5.41, 5.74) is 7.57. The molecular weight excluding hydrogens is 1690 g/mol. The Balaban J connectivity index is 0.000000139. The minimum Gasteiger partial charge on any atom is -0.490 e. The molecule has 8 aliphatic rings. The normalized spacial score (nSPS) is 19.3. The molecule has 0 bridgehead atoms. The number of nitrogens with zero attached hydrogens (tertiary/aromatic N) is 14. The third kappa shape index (κ3) is 21.7. The first-order valence-corrected chi connectivity index (χ1v) is 43.8. The van der Waals surface area contributed by atoms with E-state index in [2.05, 4.69) is 112 Å². The molecule has 13 aromatic carbocycles. The first-order chi connectivity index (χ1) is 66.3. The Bertz CT molecular complexity index is 6150. The predicted octanol–water partition coefficient (Wildman–Crippen LogP) is 25.1. The highest BCUT2D eigenvalue weighted by Crippen LogP contribution is 2.46. The highest BCUT2D eigenvalue weighted by atomic mass is 16.6. The number of para-hydroxylation sites is 24. The van der Waals surface area contributed by atoms with Crippen molar-refractivity contribution in [1.82, 2.24) is 0 Å². The smallest absolute Gasteiger partial charge is 0.149 e. The summed E-state index contributed by atoms with van der Waals surface area (Å²) in [5.74, 6) is 8.14. The molecule has 28 heteroatoms. The fourth-order valence-electron chi connectivity index (χ4n) is 15.5. The quantitative estimate of drug-likeness (QED) is 0.136. The summed E-state index contributed by atoms with van der Waals surface area (Å²) in [6.45, 7) is 2.20. The van der Waals surface area contributed by atoms with Gasteiger partial charge in [-0.2, -0.15) is 69.9 Å². The lowest BCUT2D eigenvalue weighted by Gasteiger charge is -2.36. The molecule has 1 spiro atoms. The number of benzene rings is 13. The molecule has 0 aromatic heterocycles. The molecular formula is C106H84N14O14. The van der Waals surface area contributed by atoms with Crippen molar-refractivity contribution in [3.05, 3.63) is 303 Å². The maximum atomic E-state index is 7.07. The molecule has 1 aliphatic carbocycles. The molecule has 13 aromatic rings. The molecule has 28 nitrogen and oxygen atoms in total. The summed E-state index contributed by atoms with van der Waals surface area (Å²) in [5, 5.41) is 0. The lowest BCUT2D eigenvalue weighted by molar-refractivity contribution is -0.0189. The van der Waals surface area contributed by atoms with Crippen LogP contribution in [0.4, 0.5) is 79.6 Å². The van der Waals surface area contributed by atoms with E-state index in [4.69, 9.17) is 66.3 Å². The van der Waals surface area contributed by atoms with E-state index >= 15 is 0 Å². The van der Waals surface area contributed by atoms with E-state index in [9.17, 15) is 0 Å². The Morgan fingerprint density at radius 2 is 0.313 bits per heavy atom. The second-order valence-electron chi connectivity index (χ2n) is 31.4. The van der Waals surface area contributed by atoms with Crippen LogP contribution in [0.25, 0.3) is 0 Å². The van der Waals surface area contributed by atoms with Crippen molar-refractivity contribution in [2.75, 3.05) is 52.9 Å². The zero-order valence-corrected chi connectivity index (χ0v) is 72.2. The van der Waals surface area contributed by atoms with Gasteiger partial charge < -0.3 is 66.3 Å². The van der Waals surface area contributed by atoms with Crippen LogP contribution >= 0.6 is 0 Å². The maximum absolute atomic E-state index is 7.07. The lowest BCUT2D eigenvalue weighted by atomic mass is 9.91. The lowest BCUT2D eigenvalue weighted by Crippen LogP contribution is -2.45. The van der Waals surface area contributed by atoms with E-state index in [1.807, 2.05) is 291 Å². The molecule has 134 heavy (non-hydrogen) atoms. The van der Waals surface area contributed by atoms with Gasteiger partial charge in [-0.25, -0.2) is 0 Å². The molecule has 0 radical (unpaired) electrons. The van der Waals surface area contributed by atoms with Gasteiger partial charge in [0, 0.05) is 6.07 Å². The standard InChI is InChI=1S/C51H42N6O6.C31H24N4O4.C24H18N4O4/c1-7-19-40-34(13-1)52-31-53-35-14-2-8-20-41(35)59-47-27-28-49-51(63-45-24-12-6-18-39(45)57-33-55-37-16-4-10-22-43(37)61-49)30-29-50-48(26-25-46(47)58-40)60-42-21-9-3-15-36(42)54-32-56-38-17-5-11-23-44(38)62-50;1-5-13-27-23(9-1)32-21-33-24-10-2-6-14-28(24)37-18-31(17-36-27)19-38-29-15-7-3-11-25(29)34-22-35-26-12-4-8-16-30(26)39-20-31;1-3-7-21-17(5-1)25-15-27-19-13-20-24(14-23(19)31-11-9-29-21)32-12-10-30-22-8-4-2-6-18(22)26-16-28-20/h1-24,46-51H,25-30H2;1-16H,17-20H2;1-8,13-14H,9-12H2. The van der Waals surface area contributed by atoms with Crippen LogP contribution in [-0.4, -0.2) is 132 Å². The van der Waals surface area contributed by atoms with Crippen LogP contribution in [0, 0.1) is 5.41 Å². The first-order valence-electron chi connectivity index (χ1n) is 43.8. The molecule has 1 saturated carbocycles. The van der Waals surface area contributed by atoms with E-state index in [0.717, 1.165) is 0 Å². The summed E-state index contributed by atoms with van der Waals surface area (Å²) in [4.78, 5) is 62.5. The minimum atomic E-state index is -0.764. The van der Waals surface area contributed by atoms with Crippen LogP contribution in [-0.2, 0) is 0 Å². The zero-order valence-electron chi connectivity index (χ0n) is 72.2. The summed E-state index contributed by atoms with van der Waals surface area (Å²) < 4.78 is 91.2. The number of aliphatic imine (C=N–C) groups is 14. The van der Waals surface area contributed by atoms with Gasteiger partial charge in [-0.3, -0.25) is 0 Å². The van der Waals surface area contributed by atoms with Gasteiger partial charge in [-0.05, 0) is 190 Å². The van der Waals surface area contributed by atoms with Gasteiger partial charge >= 0.3 is 0 Å². The summed E-state index contributed by atoms with van der Waals surface area (Å²) >= 11 is 0. The van der Waals surface area contributed by atoms with Gasteiger partial charge in [-0.15, -0.1) is 0 Å². The zero-order chi connectivity index (χ0) is 90.1. The van der Waals surface area contributed by atoms with Gasteiger partial charge in [0.1, 0.15) is 297 Å². The van der Waals surface area contributed by atoms with Crippen molar-refractivity contribution in [3.8, 4) is 80.5 Å². The van der Waals surface area contributed by atoms with Crippen LogP contribution in [0.1, 0.15) is 38.5 Å². The molecule has 7 aliphatic heterocycles. The highest BCUT2D eigenvalue weighted by molar-refractivity contribution is 5.75. The SMILES string of the molecule is C1=Nc2ccccc2OC2CCC3Oc4ccccc4N=C=Nc4ccccc4OC3CCC3Oc4ccccc4N=C=Nc4ccccc4OC3CCC2Oc2ccccc2N=1.C1=Nc2ccccc2OCC2(COc3ccccc3N=1)COc1ccccc1N=C=Nc1ccccc1OC2.C1=Nc2ccccc2OCCOc2cc3c(cc2N=1)N=C=Nc1ccccc1OCCO3. The molecule has 0 N–H and O–H groups in total. The Labute approximate surface area is 770 Å². The fraction of sp³-hybridized carbons (Fsp3) is 0.198. The van der Waals surface area contributed by atoms with Crippen LogP contribution < -0.4 is 66.3 Å². The van der Waals surface area contributed by atoms with E-state index in [1.165, 1.54) is 0 Å². The van der Waals surface area contributed by atoms with Crippen molar-refractivity contribution in [2.45, 2.75) is 75.1 Å². The van der Waals surface area contributed by atoms with Crippen molar-refractivity contribution in [3.63, 3.8) is 0 Å². The van der Waals surface area contributed by atoms with Crippen molar-refractivity contribution in [2.24, 2.45) is 75.3 Å². The second kappa shape index (κ2) is 42.3. The van der Waals surface area contributed by atoms with E-state index in [-0.39, 0.29) is 26.4 Å². The molecule has 1 fully saturated rings. The molecule has 0 amide bonds. The van der Waals surface area contributed by atoms with Crippen LogP contribution in [0.5, 0.6) is 80.5 Å². The van der Waals surface area contributed by atoms with E-state index < -0.39 is 42.0 Å². The summed E-state index contributed by atoms with van der Waals surface area (Å²) in [7, 11) is 0. The number of fused-ring (bicyclic) bond motifs is 17. The second-order valence-corrected chi connectivity index (χ2v) is 31.4. The van der Waals surface area contributed by atoms with E-state index in [1.54, 1.807) is 12.1 Å². The van der Waals surface area contributed by atoms with Crippen molar-refractivity contribution in [1.29, 1.82) is 0 Å². The van der Waals surface area contributed by atoms with Gasteiger partial charge in [-0.1, -0.05) is 146 Å². The molecule has 662 valence electrons. The van der Waals surface area contributed by atoms with E-state index in [0.29, 0.717) is 225 Å². The Hall–Kier alpha value is -17.3. The minimum absolute atomic E-state index is 0.218. The molecule has 7 heterocycles. The van der Waals surface area contributed by atoms with Gasteiger partial charge in [0.2, 0.25) is 0 Å². The van der Waals surface area contributed by atoms with Crippen molar-refractivity contribution < 1.29 is 66.3 Å². The van der Waals surface area contributed by atoms with Gasteiger partial charge in [0.05, 0.1) is 0 Å². The number of hydrogen-bond donors (Lipinski definition) is 0. The van der Waals surface area contributed by atoms with Crippen LogP contribution in [0.15, 0.2) is 373 Å². The monoisotopic (exact) mass is 1780 g/mol. The van der Waals surface area contributed by atoms with Crippen LogP contribution in [0.3, 0.4) is 0 Å². The summed E-state index contributed by atoms with van der Waals surface area (Å²) in [6, 6.07) is 114. The predicted molar refractivity (Wildman–Crippen MR) is 509 cm³/mol. The van der Waals surface area contributed by atoms with Gasteiger partial charge in [0.25, 0.3) is 0 Å². The number of ether oxygens (including phenoxy) is 14. The fourth-order valence-corrected chi connectivity index (χ4v) is 15.5. The average molecular weight is 1780 g/mol. The topological polar surface area (TPSA) is 302 Å². The average Bonchev–Trinajstić information content (AvgIpc) is 1.28. The van der Waals surface area contributed by atoms with Gasteiger partial charge in [0.15, 0.2) is 0 Å². The third-order valence-corrected chi connectivity index (χ3v) is 22.3. The van der Waals surface area contributed by atoms with Crippen LogP contribution in [0.2, 0.25) is 0 Å².